The van der Waals surface area contributed by atoms with Crippen LogP contribution in [0.15, 0.2) is 0 Å². The van der Waals surface area contributed by atoms with Crippen molar-refractivity contribution in [2.24, 2.45) is 7.05 Å². The van der Waals surface area contributed by atoms with E-state index in [1.54, 1.807) is 7.05 Å². The molecule has 0 aliphatic heterocycles. The summed E-state index contributed by atoms with van der Waals surface area (Å²) in [7, 11) is 3.66. The number of aromatic nitrogens is 4. The van der Waals surface area contributed by atoms with Gasteiger partial charge in [0.25, 0.3) is 0 Å². The van der Waals surface area contributed by atoms with E-state index < -0.39 is 0 Å². The van der Waals surface area contributed by atoms with E-state index in [1.165, 1.54) is 4.80 Å². The van der Waals surface area contributed by atoms with Crippen molar-refractivity contribution in [3.63, 3.8) is 0 Å². The quantitative estimate of drug-likeness (QED) is 0.585. The second-order valence-electron chi connectivity index (χ2n) is 2.05. The highest BCUT2D eigenvalue weighted by atomic mass is 15.6. The van der Waals surface area contributed by atoms with Crippen molar-refractivity contribution in [1.29, 1.82) is 0 Å². The van der Waals surface area contributed by atoms with Crippen LogP contribution in [0.3, 0.4) is 0 Å². The average Bonchev–Trinajstić information content (AvgIpc) is 2.31. The highest BCUT2D eigenvalue weighted by Crippen LogP contribution is 1.83. The molecule has 0 saturated carbocycles. The summed E-state index contributed by atoms with van der Waals surface area (Å²) in [6.45, 7) is 0.895. The van der Waals surface area contributed by atoms with E-state index in [0.29, 0.717) is 0 Å². The van der Waals surface area contributed by atoms with Gasteiger partial charge in [-0.25, -0.2) is 0 Å². The van der Waals surface area contributed by atoms with Crippen LogP contribution in [0.5, 0.6) is 0 Å². The molecule has 0 aliphatic carbocycles. The van der Waals surface area contributed by atoms with Gasteiger partial charge in [-0.15, -0.1) is 10.2 Å². The maximum Gasteiger partial charge on any atom is 0.176 e. The minimum atomic E-state index is 0.789. The van der Waals surface area contributed by atoms with Crippen molar-refractivity contribution >= 4 is 0 Å². The Labute approximate surface area is 59.4 Å². The highest BCUT2D eigenvalue weighted by molar-refractivity contribution is 4.76. The van der Waals surface area contributed by atoms with Crippen LogP contribution >= 0.6 is 0 Å². The Morgan fingerprint density at radius 2 is 2.40 bits per heavy atom. The largest absolute Gasteiger partial charge is 0.319 e. The number of nitrogens with one attached hydrogen (secondary N) is 1. The fraction of sp³-hybridized carbons (Fsp3) is 0.800. The molecule has 10 heavy (non-hydrogen) atoms. The first-order valence-corrected chi connectivity index (χ1v) is 3.20. The van der Waals surface area contributed by atoms with Crippen LogP contribution < -0.4 is 5.32 Å². The molecule has 0 saturated heterocycles. The minimum absolute atomic E-state index is 0.789. The molecule has 0 bridgehead atoms. The number of aryl methyl sites for hydroxylation is 1. The molecule has 5 heteroatoms. The molecule has 0 spiro atoms. The minimum Gasteiger partial charge on any atom is -0.319 e. The van der Waals surface area contributed by atoms with Gasteiger partial charge in [0.2, 0.25) is 0 Å². The third kappa shape index (κ3) is 1.77. The van der Waals surface area contributed by atoms with Crippen LogP contribution in [-0.4, -0.2) is 33.8 Å². The van der Waals surface area contributed by atoms with Crippen LogP contribution in [-0.2, 0) is 13.5 Å². The molecule has 0 aromatic carbocycles. The smallest absolute Gasteiger partial charge is 0.176 e. The van der Waals surface area contributed by atoms with Crippen molar-refractivity contribution in [2.45, 2.75) is 6.42 Å². The van der Waals surface area contributed by atoms with Crippen molar-refractivity contribution < 1.29 is 0 Å². The van der Waals surface area contributed by atoms with E-state index in [4.69, 9.17) is 0 Å². The highest BCUT2D eigenvalue weighted by Gasteiger charge is 1.96. The fourth-order valence-corrected chi connectivity index (χ4v) is 0.660. The number of likely N-dealkylation sites (N-methyl/N-ethyl adjacent to an activating group) is 1. The standard InChI is InChI=1S/C5H11N5/c1-6-4-3-5-7-9-10(2)8-5/h6H,3-4H2,1-2H3. The number of hydrogen-bond donors (Lipinski definition) is 1. The summed E-state index contributed by atoms with van der Waals surface area (Å²) in [5.41, 5.74) is 0. The molecule has 0 aliphatic rings. The number of hydrogen-bond acceptors (Lipinski definition) is 4. The predicted octanol–water partition coefficient (Wildman–Crippen LogP) is -1.03. The molecule has 0 radical (unpaired) electrons. The predicted molar refractivity (Wildman–Crippen MR) is 36.4 cm³/mol. The summed E-state index contributed by atoms with van der Waals surface area (Å²) in [4.78, 5) is 1.46. The molecule has 1 N–H and O–H groups in total. The van der Waals surface area contributed by atoms with E-state index in [2.05, 4.69) is 20.7 Å². The SMILES string of the molecule is CNCCc1nnn(C)n1. The summed E-state index contributed by atoms with van der Waals surface area (Å²) < 4.78 is 0. The van der Waals surface area contributed by atoms with Crippen molar-refractivity contribution in [3.05, 3.63) is 5.82 Å². The van der Waals surface area contributed by atoms with Gasteiger partial charge in [-0.05, 0) is 12.3 Å². The third-order valence-corrected chi connectivity index (χ3v) is 1.15. The lowest BCUT2D eigenvalue weighted by Gasteiger charge is -1.90. The van der Waals surface area contributed by atoms with Crippen LogP contribution in [0.25, 0.3) is 0 Å². The third-order valence-electron chi connectivity index (χ3n) is 1.15. The van der Waals surface area contributed by atoms with Gasteiger partial charge < -0.3 is 5.32 Å². The molecule has 5 nitrogen and oxygen atoms in total. The maximum absolute atomic E-state index is 4.00. The topological polar surface area (TPSA) is 55.6 Å². The Bertz CT molecular complexity index is 194. The summed E-state index contributed by atoms with van der Waals surface area (Å²) in [5, 5.41) is 14.5. The molecule has 1 heterocycles. The summed E-state index contributed by atoms with van der Waals surface area (Å²) in [6.07, 6.45) is 0.838. The van der Waals surface area contributed by atoms with E-state index in [-0.39, 0.29) is 0 Å². The molecule has 0 amide bonds. The second-order valence-corrected chi connectivity index (χ2v) is 2.05. The average molecular weight is 141 g/mol. The lowest BCUT2D eigenvalue weighted by molar-refractivity contribution is 0.626. The zero-order valence-electron chi connectivity index (χ0n) is 6.20. The monoisotopic (exact) mass is 141 g/mol. The van der Waals surface area contributed by atoms with Crippen LogP contribution in [0, 0.1) is 0 Å². The summed E-state index contributed by atoms with van der Waals surface area (Å²) in [6, 6.07) is 0. The normalized spacial score (nSPS) is 10.2. The summed E-state index contributed by atoms with van der Waals surface area (Å²) in [5.74, 6) is 0.789. The van der Waals surface area contributed by atoms with E-state index in [0.717, 1.165) is 18.8 Å². The Morgan fingerprint density at radius 3 is 2.90 bits per heavy atom. The molecular formula is C5H11N5. The maximum atomic E-state index is 4.00. The van der Waals surface area contributed by atoms with Crippen molar-refractivity contribution in [3.8, 4) is 0 Å². The first kappa shape index (κ1) is 7.14. The molecule has 1 aromatic heterocycles. The Hall–Kier alpha value is -0.970. The number of rotatable bonds is 3. The van der Waals surface area contributed by atoms with Crippen LogP contribution in [0.4, 0.5) is 0 Å². The van der Waals surface area contributed by atoms with Gasteiger partial charge in [0, 0.05) is 13.0 Å². The summed E-state index contributed by atoms with van der Waals surface area (Å²) >= 11 is 0. The second kappa shape index (κ2) is 3.26. The molecule has 56 valence electrons. The van der Waals surface area contributed by atoms with Crippen molar-refractivity contribution in [1.82, 2.24) is 25.5 Å². The van der Waals surface area contributed by atoms with Gasteiger partial charge in [0.1, 0.15) is 0 Å². The molecule has 0 unspecified atom stereocenters. The first-order valence-electron chi connectivity index (χ1n) is 3.20. The molecule has 1 rings (SSSR count). The zero-order chi connectivity index (χ0) is 7.40. The van der Waals surface area contributed by atoms with Gasteiger partial charge in [0.15, 0.2) is 5.82 Å². The lowest BCUT2D eigenvalue weighted by Crippen LogP contribution is -2.11. The van der Waals surface area contributed by atoms with Gasteiger partial charge in [0.05, 0.1) is 7.05 Å². The number of nitrogens with zero attached hydrogens (tertiary/aromatic N) is 4. The van der Waals surface area contributed by atoms with E-state index in [1.807, 2.05) is 7.05 Å². The Balaban J connectivity index is 2.42. The lowest BCUT2D eigenvalue weighted by atomic mass is 10.4. The zero-order valence-corrected chi connectivity index (χ0v) is 6.20. The Morgan fingerprint density at radius 1 is 1.60 bits per heavy atom. The van der Waals surface area contributed by atoms with Gasteiger partial charge in [-0.2, -0.15) is 4.80 Å². The molecule has 0 atom stereocenters. The molecule has 1 aromatic rings. The van der Waals surface area contributed by atoms with Crippen molar-refractivity contribution in [2.75, 3.05) is 13.6 Å². The van der Waals surface area contributed by atoms with Gasteiger partial charge in [-0.1, -0.05) is 0 Å². The fourth-order valence-electron chi connectivity index (χ4n) is 0.660. The Kier molecular flexibility index (Phi) is 2.33. The van der Waals surface area contributed by atoms with E-state index in [9.17, 15) is 0 Å². The van der Waals surface area contributed by atoms with Gasteiger partial charge in [-0.3, -0.25) is 0 Å². The van der Waals surface area contributed by atoms with Gasteiger partial charge >= 0.3 is 0 Å². The van der Waals surface area contributed by atoms with E-state index >= 15 is 0 Å². The molecule has 0 fully saturated rings. The van der Waals surface area contributed by atoms with Crippen LogP contribution in [0.1, 0.15) is 5.82 Å². The number of tetrazole rings is 1. The molecular weight excluding hydrogens is 130 g/mol. The first-order chi connectivity index (χ1) is 4.83. The van der Waals surface area contributed by atoms with Crippen LogP contribution in [0.2, 0.25) is 0 Å².